The number of nitrogens with two attached hydrogens (primary N) is 1. The first-order valence-corrected chi connectivity index (χ1v) is 7.35. The van der Waals surface area contributed by atoms with Gasteiger partial charge in [-0.15, -0.1) is 10.2 Å². The summed E-state index contributed by atoms with van der Waals surface area (Å²) in [6, 6.07) is 0. The van der Waals surface area contributed by atoms with Crippen molar-refractivity contribution in [3.63, 3.8) is 0 Å². The Bertz CT molecular complexity index is 465. The van der Waals surface area contributed by atoms with Crippen LogP contribution in [0, 0.1) is 5.92 Å². The van der Waals surface area contributed by atoms with Crippen molar-refractivity contribution in [2.75, 3.05) is 0 Å². The van der Waals surface area contributed by atoms with Gasteiger partial charge in [-0.05, 0) is 18.8 Å². The molecule has 0 aliphatic carbocycles. The number of primary sulfonamides is 1. The highest BCUT2D eigenvalue weighted by atomic mass is 32.2. The summed E-state index contributed by atoms with van der Waals surface area (Å²) >= 11 is 0. The van der Waals surface area contributed by atoms with Gasteiger partial charge in [0.2, 0.25) is 0 Å². The zero-order chi connectivity index (χ0) is 13.1. The van der Waals surface area contributed by atoms with Gasteiger partial charge in [-0.25, -0.2) is 13.6 Å². The van der Waals surface area contributed by atoms with E-state index in [0.717, 1.165) is 19.3 Å². The zero-order valence-corrected chi connectivity index (χ0v) is 11.4. The van der Waals surface area contributed by atoms with Crippen LogP contribution >= 0.6 is 0 Å². The molecule has 2 N–H and O–H groups in total. The lowest BCUT2D eigenvalue weighted by molar-refractivity contribution is 0.524. The Morgan fingerprint density at radius 2 is 2.00 bits per heavy atom. The van der Waals surface area contributed by atoms with Gasteiger partial charge >= 0.3 is 0 Å². The predicted molar refractivity (Wildman–Crippen MR) is 64.8 cm³/mol. The quantitative estimate of drug-likeness (QED) is 0.823. The van der Waals surface area contributed by atoms with Crippen LogP contribution in [0.15, 0.2) is 5.16 Å². The molecule has 0 saturated carbocycles. The second kappa shape index (κ2) is 5.59. The van der Waals surface area contributed by atoms with Crippen molar-refractivity contribution in [1.82, 2.24) is 14.8 Å². The number of rotatable bonds is 6. The lowest BCUT2D eigenvalue weighted by atomic mass is 10.1. The largest absolute Gasteiger partial charge is 0.301 e. The fourth-order valence-electron chi connectivity index (χ4n) is 1.58. The van der Waals surface area contributed by atoms with Crippen molar-refractivity contribution < 1.29 is 8.42 Å². The Balaban J connectivity index is 3.02. The summed E-state index contributed by atoms with van der Waals surface area (Å²) in [5, 5.41) is 12.6. The normalized spacial score (nSPS) is 12.3. The molecule has 6 nitrogen and oxygen atoms in total. The van der Waals surface area contributed by atoms with Crippen LogP contribution in [0.4, 0.5) is 0 Å². The van der Waals surface area contributed by atoms with Crippen LogP contribution in [0.3, 0.4) is 0 Å². The van der Waals surface area contributed by atoms with Gasteiger partial charge in [0.15, 0.2) is 0 Å². The summed E-state index contributed by atoms with van der Waals surface area (Å²) in [5.74, 6) is 1.24. The van der Waals surface area contributed by atoms with E-state index < -0.39 is 10.0 Å². The highest BCUT2D eigenvalue weighted by molar-refractivity contribution is 7.89. The Hall–Kier alpha value is -0.950. The summed E-state index contributed by atoms with van der Waals surface area (Å²) in [4.78, 5) is 0. The molecule has 7 heteroatoms. The van der Waals surface area contributed by atoms with E-state index >= 15 is 0 Å². The zero-order valence-electron chi connectivity index (χ0n) is 10.5. The lowest BCUT2D eigenvalue weighted by Crippen LogP contribution is -2.19. The number of hydrogen-bond acceptors (Lipinski definition) is 4. The second-order valence-corrected chi connectivity index (χ2v) is 5.98. The van der Waals surface area contributed by atoms with Crippen molar-refractivity contribution in [2.45, 2.75) is 51.7 Å². The fourth-order valence-corrected chi connectivity index (χ4v) is 2.24. The molecule has 0 aliphatic heterocycles. The fraction of sp³-hybridized carbons (Fsp3) is 0.800. The molecule has 0 atom stereocenters. The van der Waals surface area contributed by atoms with E-state index in [0.29, 0.717) is 18.3 Å². The SMILES string of the molecule is CCCn1c(CCC(C)C)nnc1S(N)(=O)=O. The number of aromatic nitrogens is 3. The van der Waals surface area contributed by atoms with E-state index in [4.69, 9.17) is 5.14 Å². The molecule has 0 radical (unpaired) electrons. The molecular formula is C10H20N4O2S. The van der Waals surface area contributed by atoms with Crippen LogP contribution in [0.5, 0.6) is 0 Å². The maximum Gasteiger partial charge on any atom is 0.273 e. The summed E-state index contributed by atoms with van der Waals surface area (Å²) in [7, 11) is -3.78. The second-order valence-electron chi connectivity index (χ2n) is 4.53. The minimum Gasteiger partial charge on any atom is -0.301 e. The topological polar surface area (TPSA) is 90.9 Å². The Kier molecular flexibility index (Phi) is 4.64. The van der Waals surface area contributed by atoms with Gasteiger partial charge in [0, 0.05) is 13.0 Å². The van der Waals surface area contributed by atoms with Crippen LogP contribution in [0.25, 0.3) is 0 Å². The van der Waals surface area contributed by atoms with E-state index in [-0.39, 0.29) is 5.16 Å². The molecular weight excluding hydrogens is 240 g/mol. The monoisotopic (exact) mass is 260 g/mol. The molecule has 0 fully saturated rings. The van der Waals surface area contributed by atoms with E-state index in [1.54, 1.807) is 4.57 Å². The van der Waals surface area contributed by atoms with E-state index in [2.05, 4.69) is 24.0 Å². The average molecular weight is 260 g/mol. The maximum atomic E-state index is 11.3. The third kappa shape index (κ3) is 3.78. The number of sulfonamides is 1. The lowest BCUT2D eigenvalue weighted by Gasteiger charge is -2.08. The van der Waals surface area contributed by atoms with E-state index in [9.17, 15) is 8.42 Å². The molecule has 0 bridgehead atoms. The summed E-state index contributed by atoms with van der Waals surface area (Å²) in [5.41, 5.74) is 0. The van der Waals surface area contributed by atoms with Crippen molar-refractivity contribution in [2.24, 2.45) is 11.1 Å². The summed E-state index contributed by atoms with van der Waals surface area (Å²) in [6.07, 6.45) is 2.49. The first kappa shape index (κ1) is 14.1. The van der Waals surface area contributed by atoms with Crippen LogP contribution in [-0.2, 0) is 23.0 Å². The minimum atomic E-state index is -3.78. The van der Waals surface area contributed by atoms with Gasteiger partial charge in [0.25, 0.3) is 15.2 Å². The highest BCUT2D eigenvalue weighted by Crippen LogP contribution is 2.12. The third-order valence-electron chi connectivity index (χ3n) is 2.44. The van der Waals surface area contributed by atoms with Gasteiger partial charge < -0.3 is 4.57 Å². The summed E-state index contributed by atoms with van der Waals surface area (Å²) in [6.45, 7) is 6.77. The Morgan fingerprint density at radius 1 is 1.35 bits per heavy atom. The Labute approximate surface area is 102 Å². The van der Waals surface area contributed by atoms with Crippen molar-refractivity contribution in [3.05, 3.63) is 5.82 Å². The van der Waals surface area contributed by atoms with Crippen LogP contribution in [0.1, 0.15) is 39.4 Å². The molecule has 0 aromatic carbocycles. The molecule has 17 heavy (non-hydrogen) atoms. The molecule has 0 amide bonds. The molecule has 1 aromatic heterocycles. The number of nitrogens with zero attached hydrogens (tertiary/aromatic N) is 3. The van der Waals surface area contributed by atoms with E-state index in [1.165, 1.54) is 0 Å². The molecule has 1 heterocycles. The first-order chi connectivity index (χ1) is 7.86. The van der Waals surface area contributed by atoms with Gasteiger partial charge in [0.1, 0.15) is 5.82 Å². The van der Waals surface area contributed by atoms with Gasteiger partial charge in [-0.1, -0.05) is 20.8 Å². The van der Waals surface area contributed by atoms with Crippen LogP contribution in [-0.4, -0.2) is 23.2 Å². The minimum absolute atomic E-state index is 0.127. The van der Waals surface area contributed by atoms with Crippen molar-refractivity contribution in [1.29, 1.82) is 0 Å². The third-order valence-corrected chi connectivity index (χ3v) is 3.25. The first-order valence-electron chi connectivity index (χ1n) is 5.81. The van der Waals surface area contributed by atoms with Crippen LogP contribution in [0.2, 0.25) is 0 Å². The smallest absolute Gasteiger partial charge is 0.273 e. The average Bonchev–Trinajstić information content (AvgIpc) is 2.58. The molecule has 98 valence electrons. The molecule has 0 aliphatic rings. The van der Waals surface area contributed by atoms with Gasteiger partial charge in [-0.3, -0.25) is 0 Å². The number of aryl methyl sites for hydroxylation is 1. The highest BCUT2D eigenvalue weighted by Gasteiger charge is 2.20. The number of hydrogen-bond donors (Lipinski definition) is 1. The summed E-state index contributed by atoms with van der Waals surface area (Å²) < 4.78 is 24.3. The maximum absolute atomic E-state index is 11.3. The molecule has 1 aromatic rings. The predicted octanol–water partition coefficient (Wildman–Crippen LogP) is 0.924. The van der Waals surface area contributed by atoms with Crippen molar-refractivity contribution in [3.8, 4) is 0 Å². The molecule has 1 rings (SSSR count). The van der Waals surface area contributed by atoms with Crippen LogP contribution < -0.4 is 5.14 Å². The van der Waals surface area contributed by atoms with Gasteiger partial charge in [-0.2, -0.15) is 0 Å². The van der Waals surface area contributed by atoms with Gasteiger partial charge in [0.05, 0.1) is 0 Å². The molecule has 0 saturated heterocycles. The standard InChI is InChI=1S/C10H20N4O2S/c1-4-7-14-9(6-5-8(2)3)12-13-10(14)17(11,15)16/h8H,4-7H2,1-3H3,(H2,11,15,16). The van der Waals surface area contributed by atoms with E-state index in [1.807, 2.05) is 6.92 Å². The van der Waals surface area contributed by atoms with Crippen molar-refractivity contribution >= 4 is 10.0 Å². The molecule has 0 unspecified atom stereocenters. The molecule has 0 spiro atoms. The Morgan fingerprint density at radius 3 is 2.47 bits per heavy atom.